The molecule has 0 fully saturated rings. The van der Waals surface area contributed by atoms with Crippen LogP contribution in [0.15, 0.2) is 24.3 Å². The van der Waals surface area contributed by atoms with Gasteiger partial charge in [0, 0.05) is 18.1 Å². The minimum absolute atomic E-state index is 0.0889. The van der Waals surface area contributed by atoms with Gasteiger partial charge in [0.1, 0.15) is 6.61 Å². The molecule has 7 heteroatoms. The van der Waals surface area contributed by atoms with Crippen LogP contribution in [0.4, 0.5) is 0 Å². The zero-order valence-corrected chi connectivity index (χ0v) is 12.5. The number of halogens is 1. The van der Waals surface area contributed by atoms with Crippen molar-refractivity contribution in [2.24, 2.45) is 5.73 Å². The summed E-state index contributed by atoms with van der Waals surface area (Å²) in [4.78, 5) is 10.4. The Morgan fingerprint density at radius 1 is 1.33 bits per heavy atom. The van der Waals surface area contributed by atoms with Crippen molar-refractivity contribution in [2.45, 2.75) is 12.7 Å². The van der Waals surface area contributed by atoms with E-state index < -0.39 is 12.0 Å². The number of aliphatic hydroxyl groups is 1. The lowest BCUT2D eigenvalue weighted by Crippen LogP contribution is -2.33. The van der Waals surface area contributed by atoms with Gasteiger partial charge in [0.05, 0.1) is 25.9 Å². The fourth-order valence-electron chi connectivity index (χ4n) is 1.54. The Kier molecular flexibility index (Phi) is 8.96. The third-order valence-electron chi connectivity index (χ3n) is 2.54. The van der Waals surface area contributed by atoms with Crippen molar-refractivity contribution in [1.29, 1.82) is 0 Å². The van der Waals surface area contributed by atoms with Gasteiger partial charge < -0.3 is 25.6 Å². The number of carbonyl (C=O) groups is 1. The highest BCUT2D eigenvalue weighted by Gasteiger charge is 2.04. The molecule has 1 aromatic rings. The molecule has 0 heterocycles. The second-order valence-corrected chi connectivity index (χ2v) is 4.95. The Morgan fingerprint density at radius 2 is 2.05 bits per heavy atom. The molecule has 0 aliphatic rings. The maximum absolute atomic E-state index is 10.4. The first-order valence-corrected chi connectivity index (χ1v) is 7.02. The minimum Gasteiger partial charge on any atom is -0.389 e. The monoisotopic (exact) mass is 316 g/mol. The lowest BCUT2D eigenvalue weighted by Gasteiger charge is -2.12. The number of aliphatic hydroxyl groups excluding tert-OH is 1. The van der Waals surface area contributed by atoms with Gasteiger partial charge in [0.15, 0.2) is 0 Å². The molecule has 6 nitrogen and oxygen atoms in total. The first-order chi connectivity index (χ1) is 10.1. The molecule has 1 amide bonds. The van der Waals surface area contributed by atoms with E-state index in [9.17, 15) is 9.90 Å². The van der Waals surface area contributed by atoms with Gasteiger partial charge >= 0.3 is 0 Å². The van der Waals surface area contributed by atoms with E-state index in [-0.39, 0.29) is 13.2 Å². The van der Waals surface area contributed by atoms with E-state index in [1.807, 2.05) is 12.1 Å². The number of nitrogens with one attached hydrogen (secondary N) is 1. The van der Waals surface area contributed by atoms with Crippen molar-refractivity contribution in [2.75, 3.05) is 32.9 Å². The van der Waals surface area contributed by atoms with E-state index in [2.05, 4.69) is 5.32 Å². The van der Waals surface area contributed by atoms with Crippen molar-refractivity contribution in [1.82, 2.24) is 5.32 Å². The molecule has 0 saturated carbocycles. The van der Waals surface area contributed by atoms with Gasteiger partial charge in [-0.1, -0.05) is 23.7 Å². The standard InChI is InChI=1S/C14H21ClN2O4/c15-12-3-1-11(2-4-12)8-21-9-13(18)7-17-5-6-20-10-14(16)19/h1-4,13,17-18H,5-10H2,(H2,16,19). The molecule has 0 radical (unpaired) electrons. The van der Waals surface area contributed by atoms with Crippen LogP contribution in [0.25, 0.3) is 0 Å². The van der Waals surface area contributed by atoms with E-state index in [0.29, 0.717) is 31.3 Å². The Labute approximate surface area is 129 Å². The number of carbonyl (C=O) groups excluding carboxylic acids is 1. The summed E-state index contributed by atoms with van der Waals surface area (Å²) in [6.07, 6.45) is -0.603. The van der Waals surface area contributed by atoms with Crippen molar-refractivity contribution < 1.29 is 19.4 Å². The lowest BCUT2D eigenvalue weighted by molar-refractivity contribution is -0.122. The maximum Gasteiger partial charge on any atom is 0.243 e. The molecule has 0 aliphatic heterocycles. The molecule has 1 aromatic carbocycles. The zero-order chi connectivity index (χ0) is 15.5. The maximum atomic E-state index is 10.4. The molecule has 1 rings (SSSR count). The Balaban J connectivity index is 1.99. The topological polar surface area (TPSA) is 93.8 Å². The molecule has 1 atom stereocenters. The van der Waals surface area contributed by atoms with Crippen LogP contribution in [0.2, 0.25) is 5.02 Å². The van der Waals surface area contributed by atoms with Gasteiger partial charge in [0.2, 0.25) is 5.91 Å². The van der Waals surface area contributed by atoms with Gasteiger partial charge in [-0.15, -0.1) is 0 Å². The first-order valence-electron chi connectivity index (χ1n) is 6.65. The van der Waals surface area contributed by atoms with Crippen LogP contribution in [0.1, 0.15) is 5.56 Å². The third kappa shape index (κ3) is 9.38. The quantitative estimate of drug-likeness (QED) is 0.511. The molecule has 118 valence electrons. The average Bonchev–Trinajstić information content (AvgIpc) is 2.44. The lowest BCUT2D eigenvalue weighted by atomic mass is 10.2. The average molecular weight is 317 g/mol. The number of rotatable bonds is 11. The smallest absolute Gasteiger partial charge is 0.243 e. The van der Waals surface area contributed by atoms with E-state index >= 15 is 0 Å². The Bertz CT molecular complexity index is 414. The number of hydrogen-bond donors (Lipinski definition) is 3. The minimum atomic E-state index is -0.603. The highest BCUT2D eigenvalue weighted by molar-refractivity contribution is 6.30. The van der Waals surface area contributed by atoms with Gasteiger partial charge in [-0.3, -0.25) is 4.79 Å². The number of nitrogens with two attached hydrogens (primary N) is 1. The fraction of sp³-hybridized carbons (Fsp3) is 0.500. The van der Waals surface area contributed by atoms with Crippen LogP contribution < -0.4 is 11.1 Å². The fourth-order valence-corrected chi connectivity index (χ4v) is 1.66. The Hall–Kier alpha value is -1.18. The summed E-state index contributed by atoms with van der Waals surface area (Å²) in [7, 11) is 0. The van der Waals surface area contributed by atoms with Crippen LogP contribution in [-0.4, -0.2) is 50.0 Å². The normalized spacial score (nSPS) is 12.3. The molecule has 0 aromatic heterocycles. The van der Waals surface area contributed by atoms with E-state index in [0.717, 1.165) is 5.56 Å². The molecule has 0 aliphatic carbocycles. The third-order valence-corrected chi connectivity index (χ3v) is 2.79. The predicted octanol–water partition coefficient (Wildman–Crippen LogP) is 0.309. The summed E-state index contributed by atoms with van der Waals surface area (Å²) in [5.41, 5.74) is 5.92. The molecular formula is C14H21ClN2O4. The van der Waals surface area contributed by atoms with Gasteiger partial charge in [0.25, 0.3) is 0 Å². The molecule has 1 unspecified atom stereocenters. The van der Waals surface area contributed by atoms with Crippen molar-refractivity contribution in [3.05, 3.63) is 34.9 Å². The van der Waals surface area contributed by atoms with Crippen LogP contribution in [0.5, 0.6) is 0 Å². The van der Waals surface area contributed by atoms with Crippen LogP contribution >= 0.6 is 11.6 Å². The number of benzene rings is 1. The van der Waals surface area contributed by atoms with Crippen LogP contribution in [0.3, 0.4) is 0 Å². The number of primary amides is 1. The van der Waals surface area contributed by atoms with Gasteiger partial charge in [-0.2, -0.15) is 0 Å². The van der Waals surface area contributed by atoms with Crippen molar-refractivity contribution >= 4 is 17.5 Å². The van der Waals surface area contributed by atoms with Gasteiger partial charge in [-0.25, -0.2) is 0 Å². The zero-order valence-electron chi connectivity index (χ0n) is 11.8. The second kappa shape index (κ2) is 10.5. The van der Waals surface area contributed by atoms with Gasteiger partial charge in [-0.05, 0) is 17.7 Å². The summed E-state index contributed by atoms with van der Waals surface area (Å²) >= 11 is 5.78. The number of hydrogen-bond acceptors (Lipinski definition) is 5. The molecular weight excluding hydrogens is 296 g/mol. The summed E-state index contributed by atoms with van der Waals surface area (Å²) in [6.45, 7) is 1.85. The predicted molar refractivity (Wildman–Crippen MR) is 80.0 cm³/mol. The summed E-state index contributed by atoms with van der Waals surface area (Å²) < 4.78 is 10.4. The number of amides is 1. The van der Waals surface area contributed by atoms with Crippen LogP contribution in [0, 0.1) is 0 Å². The molecule has 4 N–H and O–H groups in total. The number of ether oxygens (including phenoxy) is 2. The van der Waals surface area contributed by atoms with E-state index in [1.165, 1.54) is 0 Å². The Morgan fingerprint density at radius 3 is 2.71 bits per heavy atom. The SMILES string of the molecule is NC(=O)COCCNCC(O)COCc1ccc(Cl)cc1. The molecule has 0 saturated heterocycles. The molecule has 0 bridgehead atoms. The summed E-state index contributed by atoms with van der Waals surface area (Å²) in [6, 6.07) is 7.35. The molecule has 0 spiro atoms. The largest absolute Gasteiger partial charge is 0.389 e. The van der Waals surface area contributed by atoms with E-state index in [1.54, 1.807) is 12.1 Å². The summed E-state index contributed by atoms with van der Waals surface area (Å²) in [5.74, 6) is -0.495. The summed E-state index contributed by atoms with van der Waals surface area (Å²) in [5, 5.41) is 13.4. The van der Waals surface area contributed by atoms with Crippen molar-refractivity contribution in [3.8, 4) is 0 Å². The highest BCUT2D eigenvalue weighted by Crippen LogP contribution is 2.10. The second-order valence-electron chi connectivity index (χ2n) is 4.52. The van der Waals surface area contributed by atoms with Crippen LogP contribution in [-0.2, 0) is 20.9 Å². The van der Waals surface area contributed by atoms with Crippen molar-refractivity contribution in [3.63, 3.8) is 0 Å². The van der Waals surface area contributed by atoms with E-state index in [4.69, 9.17) is 26.8 Å². The highest BCUT2D eigenvalue weighted by atomic mass is 35.5. The molecule has 21 heavy (non-hydrogen) atoms. The first kappa shape index (κ1) is 17.9.